The average Bonchev–Trinajstić information content (AvgIpc) is 2.68. The SMILES string of the molecule is CCCCCCCCCCCCCC=NNc1ccc([N+](=O)[O-])cc1[N+](=O)[O-]. The maximum absolute atomic E-state index is 11.0. The van der Waals surface area contributed by atoms with Crippen LogP contribution < -0.4 is 5.43 Å². The number of nitro benzene ring substituents is 2. The second kappa shape index (κ2) is 14.5. The molecule has 1 aromatic carbocycles. The first-order valence-electron chi connectivity index (χ1n) is 10.3. The van der Waals surface area contributed by atoms with Gasteiger partial charge in [-0.3, -0.25) is 25.7 Å². The maximum Gasteiger partial charge on any atom is 0.301 e. The summed E-state index contributed by atoms with van der Waals surface area (Å²) in [4.78, 5) is 20.4. The fourth-order valence-electron chi connectivity index (χ4n) is 2.96. The average molecular weight is 393 g/mol. The number of non-ortho nitro benzene ring substituents is 1. The van der Waals surface area contributed by atoms with Crippen LogP contribution in [0.25, 0.3) is 0 Å². The highest BCUT2D eigenvalue weighted by Gasteiger charge is 2.18. The number of hydrogen-bond acceptors (Lipinski definition) is 6. The third-order valence-corrected chi connectivity index (χ3v) is 4.60. The van der Waals surface area contributed by atoms with E-state index >= 15 is 0 Å². The topological polar surface area (TPSA) is 111 Å². The van der Waals surface area contributed by atoms with Crippen molar-refractivity contribution in [2.24, 2.45) is 5.10 Å². The highest BCUT2D eigenvalue weighted by Crippen LogP contribution is 2.28. The Morgan fingerprint density at radius 2 is 1.46 bits per heavy atom. The van der Waals surface area contributed by atoms with E-state index in [2.05, 4.69) is 17.5 Å². The van der Waals surface area contributed by atoms with Gasteiger partial charge in [-0.2, -0.15) is 5.10 Å². The lowest BCUT2D eigenvalue weighted by Crippen LogP contribution is -1.98. The number of anilines is 1. The monoisotopic (exact) mass is 392 g/mol. The molecule has 0 radical (unpaired) electrons. The predicted octanol–water partition coefficient (Wildman–Crippen LogP) is 6.60. The number of nitrogens with zero attached hydrogens (tertiary/aromatic N) is 3. The zero-order chi connectivity index (χ0) is 20.6. The van der Waals surface area contributed by atoms with Crippen LogP contribution in [0.2, 0.25) is 0 Å². The van der Waals surface area contributed by atoms with E-state index in [1.54, 1.807) is 6.21 Å². The molecule has 0 heterocycles. The molecule has 0 amide bonds. The van der Waals surface area contributed by atoms with Crippen molar-refractivity contribution in [3.8, 4) is 0 Å². The van der Waals surface area contributed by atoms with Gasteiger partial charge in [0.2, 0.25) is 0 Å². The molecule has 1 aromatic rings. The molecule has 0 spiro atoms. The number of unbranched alkanes of at least 4 members (excludes halogenated alkanes) is 11. The zero-order valence-electron chi connectivity index (χ0n) is 16.8. The predicted molar refractivity (Wildman–Crippen MR) is 113 cm³/mol. The van der Waals surface area contributed by atoms with Gasteiger partial charge in [0.15, 0.2) is 0 Å². The Bertz CT molecular complexity index is 635. The van der Waals surface area contributed by atoms with Crippen LogP contribution in [0.4, 0.5) is 17.1 Å². The van der Waals surface area contributed by atoms with E-state index in [1.807, 2.05) is 0 Å². The third-order valence-electron chi connectivity index (χ3n) is 4.60. The molecule has 156 valence electrons. The molecule has 0 aliphatic heterocycles. The van der Waals surface area contributed by atoms with E-state index in [0.29, 0.717) is 0 Å². The Balaban J connectivity index is 2.15. The van der Waals surface area contributed by atoms with Gasteiger partial charge in [0, 0.05) is 12.3 Å². The van der Waals surface area contributed by atoms with Crippen LogP contribution in [-0.4, -0.2) is 16.1 Å². The number of nitrogens with one attached hydrogen (secondary N) is 1. The smallest absolute Gasteiger partial charge is 0.272 e. The van der Waals surface area contributed by atoms with Crippen molar-refractivity contribution in [3.63, 3.8) is 0 Å². The van der Waals surface area contributed by atoms with E-state index in [4.69, 9.17) is 0 Å². The molecule has 1 rings (SSSR count). The molecule has 0 saturated heterocycles. The van der Waals surface area contributed by atoms with Gasteiger partial charge in [-0.25, -0.2) is 0 Å². The van der Waals surface area contributed by atoms with Gasteiger partial charge in [0.1, 0.15) is 5.69 Å². The minimum absolute atomic E-state index is 0.144. The Hall–Kier alpha value is -2.51. The lowest BCUT2D eigenvalue weighted by molar-refractivity contribution is -0.393. The molecule has 0 fully saturated rings. The van der Waals surface area contributed by atoms with Crippen LogP contribution in [0.1, 0.15) is 84.0 Å². The first kappa shape index (κ1) is 23.5. The molecular formula is C20H32N4O4. The molecule has 8 nitrogen and oxygen atoms in total. The lowest BCUT2D eigenvalue weighted by atomic mass is 10.1. The van der Waals surface area contributed by atoms with Gasteiger partial charge in [-0.1, -0.05) is 71.1 Å². The molecule has 8 heteroatoms. The number of benzene rings is 1. The minimum atomic E-state index is -0.660. The second-order valence-corrected chi connectivity index (χ2v) is 6.96. The summed E-state index contributed by atoms with van der Waals surface area (Å²) in [5.41, 5.74) is 2.07. The number of rotatable bonds is 16. The molecule has 0 atom stereocenters. The standard InChI is InChI=1S/C20H32N4O4/c1-2-3-4-5-6-7-8-9-10-11-12-13-16-21-22-19-15-14-18(23(25)26)17-20(19)24(27)28/h14-17,22H,2-13H2,1H3. The molecule has 0 saturated carbocycles. The van der Waals surface area contributed by atoms with Crippen LogP contribution >= 0.6 is 0 Å². The number of hydrogen-bond donors (Lipinski definition) is 1. The fourth-order valence-corrected chi connectivity index (χ4v) is 2.96. The third kappa shape index (κ3) is 9.99. The van der Waals surface area contributed by atoms with Crippen molar-refractivity contribution < 1.29 is 9.85 Å². The minimum Gasteiger partial charge on any atom is -0.272 e. The summed E-state index contributed by atoms with van der Waals surface area (Å²) in [6, 6.07) is 3.45. The summed E-state index contributed by atoms with van der Waals surface area (Å²) in [6.07, 6.45) is 16.6. The molecule has 0 aromatic heterocycles. The van der Waals surface area contributed by atoms with Gasteiger partial charge >= 0.3 is 5.69 Å². The van der Waals surface area contributed by atoms with E-state index in [1.165, 1.54) is 69.9 Å². The van der Waals surface area contributed by atoms with Crippen molar-refractivity contribution in [2.45, 2.75) is 84.0 Å². The lowest BCUT2D eigenvalue weighted by Gasteiger charge is -2.02. The van der Waals surface area contributed by atoms with Crippen molar-refractivity contribution in [3.05, 3.63) is 38.4 Å². The molecule has 28 heavy (non-hydrogen) atoms. The van der Waals surface area contributed by atoms with Crippen LogP contribution in [-0.2, 0) is 0 Å². The molecule has 0 unspecified atom stereocenters. The quantitative estimate of drug-likeness (QED) is 0.147. The summed E-state index contributed by atoms with van der Waals surface area (Å²) in [7, 11) is 0. The zero-order valence-corrected chi connectivity index (χ0v) is 16.8. The highest BCUT2D eigenvalue weighted by molar-refractivity contribution is 5.67. The van der Waals surface area contributed by atoms with Crippen LogP contribution in [0, 0.1) is 20.2 Å². The first-order valence-corrected chi connectivity index (χ1v) is 10.3. The largest absolute Gasteiger partial charge is 0.301 e. The summed E-state index contributed by atoms with van der Waals surface area (Å²) in [5.74, 6) is 0. The van der Waals surface area contributed by atoms with Gasteiger partial charge in [0.25, 0.3) is 5.69 Å². The van der Waals surface area contributed by atoms with Gasteiger partial charge in [-0.05, 0) is 18.9 Å². The number of nitro groups is 2. The Kier molecular flexibility index (Phi) is 12.2. The van der Waals surface area contributed by atoms with E-state index < -0.39 is 9.85 Å². The summed E-state index contributed by atoms with van der Waals surface area (Å²) in [5, 5.41) is 25.7. The highest BCUT2D eigenvalue weighted by atomic mass is 16.6. The molecule has 0 bridgehead atoms. The van der Waals surface area contributed by atoms with Crippen molar-refractivity contribution in [2.75, 3.05) is 5.43 Å². The van der Waals surface area contributed by atoms with E-state index in [0.717, 1.165) is 25.3 Å². The second-order valence-electron chi connectivity index (χ2n) is 6.96. The Morgan fingerprint density at radius 3 is 2.00 bits per heavy atom. The van der Waals surface area contributed by atoms with Gasteiger partial charge in [0.05, 0.1) is 15.9 Å². The van der Waals surface area contributed by atoms with Gasteiger partial charge < -0.3 is 0 Å². The van der Waals surface area contributed by atoms with Crippen LogP contribution in [0.5, 0.6) is 0 Å². The molecule has 0 aliphatic carbocycles. The Morgan fingerprint density at radius 1 is 0.893 bits per heavy atom. The summed E-state index contributed by atoms with van der Waals surface area (Å²) in [6.45, 7) is 2.24. The first-order chi connectivity index (χ1) is 13.6. The Labute approximate surface area is 166 Å². The van der Waals surface area contributed by atoms with E-state index in [-0.39, 0.29) is 17.1 Å². The molecular weight excluding hydrogens is 360 g/mol. The maximum atomic E-state index is 11.0. The summed E-state index contributed by atoms with van der Waals surface area (Å²) >= 11 is 0. The van der Waals surface area contributed by atoms with Crippen LogP contribution in [0.3, 0.4) is 0 Å². The van der Waals surface area contributed by atoms with Crippen molar-refractivity contribution in [1.82, 2.24) is 0 Å². The fraction of sp³-hybridized carbons (Fsp3) is 0.650. The van der Waals surface area contributed by atoms with Gasteiger partial charge in [-0.15, -0.1) is 0 Å². The molecule has 0 aliphatic rings. The molecule has 1 N–H and O–H groups in total. The van der Waals surface area contributed by atoms with Crippen LogP contribution in [0.15, 0.2) is 23.3 Å². The van der Waals surface area contributed by atoms with E-state index in [9.17, 15) is 20.2 Å². The van der Waals surface area contributed by atoms with Crippen molar-refractivity contribution in [1.29, 1.82) is 0 Å². The van der Waals surface area contributed by atoms with Crippen molar-refractivity contribution >= 4 is 23.3 Å². The summed E-state index contributed by atoms with van der Waals surface area (Å²) < 4.78 is 0. The number of hydrazone groups is 1. The normalized spacial score (nSPS) is 11.0.